The summed E-state index contributed by atoms with van der Waals surface area (Å²) in [5.74, 6) is 1.77. The van der Waals surface area contributed by atoms with Crippen LogP contribution in [0.3, 0.4) is 0 Å². The van der Waals surface area contributed by atoms with Crippen LogP contribution < -0.4 is 5.73 Å². The van der Waals surface area contributed by atoms with Crippen LogP contribution >= 0.6 is 0 Å². The molecule has 0 radical (unpaired) electrons. The quantitative estimate of drug-likeness (QED) is 0.612. The van der Waals surface area contributed by atoms with Gasteiger partial charge < -0.3 is 10.5 Å². The Labute approximate surface area is 74.5 Å². The van der Waals surface area contributed by atoms with E-state index in [9.17, 15) is 0 Å². The van der Waals surface area contributed by atoms with Gasteiger partial charge in [-0.1, -0.05) is 12.8 Å². The molecule has 2 fully saturated rings. The van der Waals surface area contributed by atoms with Gasteiger partial charge in [-0.15, -0.1) is 0 Å². The highest BCUT2D eigenvalue weighted by Gasteiger charge is 2.28. The van der Waals surface area contributed by atoms with Crippen LogP contribution in [0.5, 0.6) is 0 Å². The van der Waals surface area contributed by atoms with Gasteiger partial charge in [0.05, 0.1) is 6.61 Å². The third kappa shape index (κ3) is 2.76. The summed E-state index contributed by atoms with van der Waals surface area (Å²) in [6.45, 7) is 1.72. The molecule has 1 unspecified atom stereocenters. The van der Waals surface area contributed by atoms with E-state index in [4.69, 9.17) is 10.5 Å². The Morgan fingerprint density at radius 3 is 2.58 bits per heavy atom. The van der Waals surface area contributed by atoms with E-state index in [2.05, 4.69) is 0 Å². The van der Waals surface area contributed by atoms with Gasteiger partial charge in [-0.2, -0.15) is 0 Å². The number of nitrogens with two attached hydrogens (primary N) is 1. The highest BCUT2D eigenvalue weighted by atomic mass is 16.5. The molecule has 0 spiro atoms. The molecule has 1 atom stereocenters. The second-order valence-electron chi connectivity index (χ2n) is 4.31. The first kappa shape index (κ1) is 8.52. The van der Waals surface area contributed by atoms with Crippen LogP contribution in [0.25, 0.3) is 0 Å². The van der Waals surface area contributed by atoms with Crippen LogP contribution in [0.1, 0.15) is 32.1 Å². The van der Waals surface area contributed by atoms with Gasteiger partial charge in [0.15, 0.2) is 0 Å². The van der Waals surface area contributed by atoms with E-state index < -0.39 is 0 Å². The topological polar surface area (TPSA) is 35.2 Å². The van der Waals surface area contributed by atoms with E-state index in [1.165, 1.54) is 32.1 Å². The lowest BCUT2D eigenvalue weighted by Gasteiger charge is -2.10. The second kappa shape index (κ2) is 3.75. The smallest absolute Gasteiger partial charge is 0.0620 e. The summed E-state index contributed by atoms with van der Waals surface area (Å²) < 4.78 is 5.52. The summed E-state index contributed by atoms with van der Waals surface area (Å²) in [4.78, 5) is 0. The zero-order valence-corrected chi connectivity index (χ0v) is 7.67. The molecular formula is C10H19NO. The second-order valence-corrected chi connectivity index (χ2v) is 4.31. The Hall–Kier alpha value is -0.0800. The highest BCUT2D eigenvalue weighted by Crippen LogP contribution is 2.33. The first-order chi connectivity index (χ1) is 5.86. The molecule has 0 aromatic heterocycles. The molecule has 2 rings (SSSR count). The van der Waals surface area contributed by atoms with Crippen molar-refractivity contribution in [3.8, 4) is 0 Å². The van der Waals surface area contributed by atoms with Gasteiger partial charge >= 0.3 is 0 Å². The first-order valence-electron chi connectivity index (χ1n) is 5.19. The van der Waals surface area contributed by atoms with Crippen LogP contribution in [0.4, 0.5) is 0 Å². The monoisotopic (exact) mass is 169 g/mol. The van der Waals surface area contributed by atoms with Crippen molar-refractivity contribution in [2.24, 2.45) is 17.6 Å². The van der Waals surface area contributed by atoms with Crippen molar-refractivity contribution < 1.29 is 4.74 Å². The summed E-state index contributed by atoms with van der Waals surface area (Å²) in [5, 5.41) is 0. The fourth-order valence-corrected chi connectivity index (χ4v) is 1.54. The predicted octanol–water partition coefficient (Wildman–Crippen LogP) is 1.54. The molecule has 2 N–H and O–H groups in total. The van der Waals surface area contributed by atoms with Crippen molar-refractivity contribution in [1.29, 1.82) is 0 Å². The molecule has 12 heavy (non-hydrogen) atoms. The van der Waals surface area contributed by atoms with Crippen molar-refractivity contribution in [2.75, 3.05) is 13.2 Å². The lowest BCUT2D eigenvalue weighted by molar-refractivity contribution is 0.110. The van der Waals surface area contributed by atoms with Gasteiger partial charge in [-0.05, 0) is 31.1 Å². The van der Waals surface area contributed by atoms with Gasteiger partial charge in [-0.3, -0.25) is 0 Å². The molecule has 2 nitrogen and oxygen atoms in total. The Bertz CT molecular complexity index is 141. The molecule has 70 valence electrons. The molecule has 0 heterocycles. The molecule has 0 amide bonds. The fourth-order valence-electron chi connectivity index (χ4n) is 1.54. The van der Waals surface area contributed by atoms with E-state index in [1.54, 1.807) is 0 Å². The number of ether oxygens (including phenoxy) is 1. The number of rotatable bonds is 6. The van der Waals surface area contributed by atoms with Crippen LogP contribution in [-0.4, -0.2) is 19.3 Å². The molecular weight excluding hydrogens is 150 g/mol. The lowest BCUT2D eigenvalue weighted by atomic mass is 10.2. The van der Waals surface area contributed by atoms with E-state index in [0.717, 1.165) is 25.0 Å². The molecule has 2 aliphatic rings. The summed E-state index contributed by atoms with van der Waals surface area (Å²) in [6.07, 6.45) is 6.77. The lowest BCUT2D eigenvalue weighted by Crippen LogP contribution is -2.28. The Morgan fingerprint density at radius 2 is 2.00 bits per heavy atom. The summed E-state index contributed by atoms with van der Waals surface area (Å²) in [6, 6.07) is 0.323. The van der Waals surface area contributed by atoms with Gasteiger partial charge in [-0.25, -0.2) is 0 Å². The minimum atomic E-state index is 0.323. The average Bonchev–Trinajstić information content (AvgIpc) is 2.85. The number of hydrogen-bond donors (Lipinski definition) is 1. The SMILES string of the molecule is NC(COCCC1CC1)C1CC1. The van der Waals surface area contributed by atoms with Gasteiger partial charge in [0, 0.05) is 12.6 Å². The largest absolute Gasteiger partial charge is 0.380 e. The van der Waals surface area contributed by atoms with Gasteiger partial charge in [0.2, 0.25) is 0 Å². The Balaban J connectivity index is 1.44. The minimum absolute atomic E-state index is 0.323. The zero-order chi connectivity index (χ0) is 8.39. The van der Waals surface area contributed by atoms with Crippen LogP contribution in [0.2, 0.25) is 0 Å². The molecule has 0 aliphatic heterocycles. The van der Waals surface area contributed by atoms with E-state index in [-0.39, 0.29) is 0 Å². The van der Waals surface area contributed by atoms with Crippen molar-refractivity contribution in [3.05, 3.63) is 0 Å². The number of hydrogen-bond acceptors (Lipinski definition) is 2. The molecule has 0 aromatic rings. The maximum absolute atomic E-state index is 5.89. The van der Waals surface area contributed by atoms with Crippen molar-refractivity contribution in [2.45, 2.75) is 38.1 Å². The fraction of sp³-hybridized carbons (Fsp3) is 1.00. The van der Waals surface area contributed by atoms with Crippen LogP contribution in [0, 0.1) is 11.8 Å². The van der Waals surface area contributed by atoms with E-state index >= 15 is 0 Å². The molecule has 2 heteroatoms. The van der Waals surface area contributed by atoms with Crippen molar-refractivity contribution in [1.82, 2.24) is 0 Å². The Morgan fingerprint density at radius 1 is 1.25 bits per heavy atom. The molecule has 0 saturated heterocycles. The molecule has 2 aliphatic carbocycles. The average molecular weight is 169 g/mol. The Kier molecular flexibility index (Phi) is 2.66. The predicted molar refractivity (Wildman–Crippen MR) is 48.9 cm³/mol. The molecule has 0 aromatic carbocycles. The van der Waals surface area contributed by atoms with Crippen molar-refractivity contribution in [3.63, 3.8) is 0 Å². The molecule has 2 saturated carbocycles. The maximum Gasteiger partial charge on any atom is 0.0620 e. The summed E-state index contributed by atoms with van der Waals surface area (Å²) in [7, 11) is 0. The van der Waals surface area contributed by atoms with Gasteiger partial charge in [0.1, 0.15) is 0 Å². The van der Waals surface area contributed by atoms with Crippen LogP contribution in [-0.2, 0) is 4.74 Å². The van der Waals surface area contributed by atoms with E-state index in [0.29, 0.717) is 6.04 Å². The highest BCUT2D eigenvalue weighted by molar-refractivity contribution is 4.83. The minimum Gasteiger partial charge on any atom is -0.380 e. The van der Waals surface area contributed by atoms with Gasteiger partial charge in [0.25, 0.3) is 0 Å². The third-order valence-electron chi connectivity index (χ3n) is 2.91. The zero-order valence-electron chi connectivity index (χ0n) is 7.67. The summed E-state index contributed by atoms with van der Waals surface area (Å²) >= 11 is 0. The van der Waals surface area contributed by atoms with Crippen LogP contribution in [0.15, 0.2) is 0 Å². The molecule has 0 bridgehead atoms. The summed E-state index contributed by atoms with van der Waals surface area (Å²) in [5.41, 5.74) is 5.89. The standard InChI is InChI=1S/C10H19NO/c11-10(9-3-4-9)7-12-6-5-8-1-2-8/h8-10H,1-7,11H2. The van der Waals surface area contributed by atoms with E-state index in [1.807, 2.05) is 0 Å². The normalized spacial score (nSPS) is 25.8. The van der Waals surface area contributed by atoms with Crippen molar-refractivity contribution >= 4 is 0 Å². The first-order valence-corrected chi connectivity index (χ1v) is 5.19. The maximum atomic E-state index is 5.89. The third-order valence-corrected chi connectivity index (χ3v) is 2.91.